The van der Waals surface area contributed by atoms with Gasteiger partial charge in [-0.3, -0.25) is 0 Å². The smallest absolute Gasteiger partial charge is 0.232 e. The van der Waals surface area contributed by atoms with E-state index in [0.29, 0.717) is 18.2 Å². The van der Waals surface area contributed by atoms with Crippen molar-refractivity contribution in [1.29, 1.82) is 0 Å². The van der Waals surface area contributed by atoms with E-state index in [-0.39, 0.29) is 12.1 Å². The number of hydrogen-bond acceptors (Lipinski definition) is 5. The highest BCUT2D eigenvalue weighted by Gasteiger charge is 2.19. The molecular weight excluding hydrogens is 182 g/mol. The molecule has 5 heteroatoms. The van der Waals surface area contributed by atoms with Gasteiger partial charge in [-0.15, -0.1) is 10.2 Å². The molecule has 2 unspecified atom stereocenters. The van der Waals surface area contributed by atoms with E-state index < -0.39 is 0 Å². The minimum absolute atomic E-state index is 0.194. The molecule has 1 aromatic rings. The van der Waals surface area contributed by atoms with Crippen LogP contribution in [-0.2, 0) is 11.2 Å². The minimum Gasteiger partial charge on any atom is -0.423 e. The highest BCUT2D eigenvalue weighted by Crippen LogP contribution is 2.17. The summed E-state index contributed by atoms with van der Waals surface area (Å²) in [6, 6.07) is -0.194. The molecule has 0 bridgehead atoms. The van der Waals surface area contributed by atoms with Gasteiger partial charge in [-0.2, -0.15) is 0 Å². The molecule has 0 amide bonds. The number of ether oxygens (including phenoxy) is 1. The number of aromatic nitrogens is 2. The Labute approximate surface area is 82.6 Å². The molecule has 0 aromatic carbocycles. The van der Waals surface area contributed by atoms with Crippen molar-refractivity contribution in [2.45, 2.75) is 38.3 Å². The van der Waals surface area contributed by atoms with Crippen molar-refractivity contribution in [3.8, 4) is 0 Å². The van der Waals surface area contributed by atoms with Crippen molar-refractivity contribution < 1.29 is 9.15 Å². The van der Waals surface area contributed by atoms with Crippen molar-refractivity contribution in [2.24, 2.45) is 5.73 Å². The summed E-state index contributed by atoms with van der Waals surface area (Å²) in [7, 11) is 0. The molecule has 2 heterocycles. The van der Waals surface area contributed by atoms with Gasteiger partial charge in [0, 0.05) is 6.61 Å². The lowest BCUT2D eigenvalue weighted by Crippen LogP contribution is -2.09. The van der Waals surface area contributed by atoms with E-state index in [0.717, 1.165) is 19.4 Å². The monoisotopic (exact) mass is 197 g/mol. The molecule has 0 spiro atoms. The number of rotatable bonds is 3. The van der Waals surface area contributed by atoms with Crippen LogP contribution in [-0.4, -0.2) is 22.9 Å². The van der Waals surface area contributed by atoms with Crippen LogP contribution in [0.4, 0.5) is 0 Å². The van der Waals surface area contributed by atoms with Gasteiger partial charge >= 0.3 is 0 Å². The summed E-state index contributed by atoms with van der Waals surface area (Å²) in [6.07, 6.45) is 3.16. The number of hydrogen-bond donors (Lipinski definition) is 1. The van der Waals surface area contributed by atoms with E-state index >= 15 is 0 Å². The third-order valence-corrected chi connectivity index (χ3v) is 2.30. The first-order chi connectivity index (χ1) is 6.75. The van der Waals surface area contributed by atoms with Crippen molar-refractivity contribution in [3.05, 3.63) is 11.8 Å². The van der Waals surface area contributed by atoms with Gasteiger partial charge in [-0.05, 0) is 19.8 Å². The summed E-state index contributed by atoms with van der Waals surface area (Å²) in [4.78, 5) is 0. The molecule has 2 rings (SSSR count). The fourth-order valence-electron chi connectivity index (χ4n) is 1.53. The molecule has 2 N–H and O–H groups in total. The molecule has 1 fully saturated rings. The van der Waals surface area contributed by atoms with Gasteiger partial charge in [-0.1, -0.05) is 0 Å². The van der Waals surface area contributed by atoms with E-state index in [1.807, 2.05) is 6.92 Å². The third kappa shape index (κ3) is 2.10. The second kappa shape index (κ2) is 4.06. The lowest BCUT2D eigenvalue weighted by atomic mass is 10.2. The van der Waals surface area contributed by atoms with Crippen LogP contribution in [0.5, 0.6) is 0 Å². The van der Waals surface area contributed by atoms with Crippen molar-refractivity contribution in [2.75, 3.05) is 6.61 Å². The van der Waals surface area contributed by atoms with Gasteiger partial charge in [0.25, 0.3) is 0 Å². The molecule has 1 aliphatic rings. The van der Waals surface area contributed by atoms with Crippen molar-refractivity contribution >= 4 is 0 Å². The largest absolute Gasteiger partial charge is 0.423 e. The molecule has 78 valence electrons. The molecule has 1 aromatic heterocycles. The first kappa shape index (κ1) is 9.61. The van der Waals surface area contributed by atoms with Crippen molar-refractivity contribution in [1.82, 2.24) is 10.2 Å². The number of nitrogens with two attached hydrogens (primary N) is 1. The Morgan fingerprint density at radius 3 is 3.00 bits per heavy atom. The zero-order valence-electron chi connectivity index (χ0n) is 8.27. The third-order valence-electron chi connectivity index (χ3n) is 2.30. The van der Waals surface area contributed by atoms with Crippen LogP contribution in [0.3, 0.4) is 0 Å². The van der Waals surface area contributed by atoms with Gasteiger partial charge in [0.15, 0.2) is 0 Å². The first-order valence-corrected chi connectivity index (χ1v) is 4.95. The average Bonchev–Trinajstić information content (AvgIpc) is 2.75. The summed E-state index contributed by atoms with van der Waals surface area (Å²) >= 11 is 0. The molecule has 14 heavy (non-hydrogen) atoms. The standard InChI is InChI=1S/C9H15N3O2/c1-6(10)9-12-11-8(14-9)5-7-3-2-4-13-7/h6-7H,2-5,10H2,1H3. The predicted molar refractivity (Wildman–Crippen MR) is 49.6 cm³/mol. The van der Waals surface area contributed by atoms with Crippen LogP contribution in [0.1, 0.15) is 37.6 Å². The Balaban J connectivity index is 1.95. The fraction of sp³-hybridized carbons (Fsp3) is 0.778. The molecule has 2 atom stereocenters. The molecular formula is C9H15N3O2. The maximum absolute atomic E-state index is 5.61. The first-order valence-electron chi connectivity index (χ1n) is 4.95. The molecule has 0 aliphatic carbocycles. The lowest BCUT2D eigenvalue weighted by Gasteiger charge is -2.04. The Morgan fingerprint density at radius 2 is 2.43 bits per heavy atom. The Bertz CT molecular complexity index is 292. The van der Waals surface area contributed by atoms with Gasteiger partial charge in [0.05, 0.1) is 18.6 Å². The van der Waals surface area contributed by atoms with Crippen LogP contribution in [0.2, 0.25) is 0 Å². The van der Waals surface area contributed by atoms with E-state index in [1.54, 1.807) is 0 Å². The van der Waals surface area contributed by atoms with Crippen LogP contribution in [0.25, 0.3) is 0 Å². The molecule has 0 radical (unpaired) electrons. The van der Waals surface area contributed by atoms with Gasteiger partial charge in [0.1, 0.15) is 0 Å². The highest BCUT2D eigenvalue weighted by molar-refractivity contribution is 4.88. The average molecular weight is 197 g/mol. The summed E-state index contributed by atoms with van der Waals surface area (Å²) < 4.78 is 10.8. The summed E-state index contributed by atoms with van der Waals surface area (Å²) in [5, 5.41) is 7.78. The predicted octanol–water partition coefficient (Wildman–Crippen LogP) is 0.811. The van der Waals surface area contributed by atoms with Crippen LogP contribution in [0, 0.1) is 0 Å². The zero-order valence-corrected chi connectivity index (χ0v) is 8.27. The number of nitrogens with zero attached hydrogens (tertiary/aromatic N) is 2. The second-order valence-electron chi connectivity index (χ2n) is 3.66. The normalized spacial score (nSPS) is 24.0. The van der Waals surface area contributed by atoms with E-state index in [4.69, 9.17) is 14.9 Å². The Kier molecular flexibility index (Phi) is 2.79. The fourth-order valence-corrected chi connectivity index (χ4v) is 1.53. The topological polar surface area (TPSA) is 74.2 Å². The van der Waals surface area contributed by atoms with Gasteiger partial charge < -0.3 is 14.9 Å². The quantitative estimate of drug-likeness (QED) is 0.776. The molecule has 1 saturated heterocycles. The van der Waals surface area contributed by atoms with E-state index in [1.165, 1.54) is 0 Å². The lowest BCUT2D eigenvalue weighted by molar-refractivity contribution is 0.105. The SMILES string of the molecule is CC(N)c1nnc(CC2CCCO2)o1. The summed E-state index contributed by atoms with van der Waals surface area (Å²) in [5.41, 5.74) is 5.61. The Morgan fingerprint density at radius 1 is 1.57 bits per heavy atom. The molecule has 0 saturated carbocycles. The van der Waals surface area contributed by atoms with Crippen LogP contribution < -0.4 is 5.73 Å². The molecule has 1 aliphatic heterocycles. The van der Waals surface area contributed by atoms with Crippen molar-refractivity contribution in [3.63, 3.8) is 0 Å². The highest BCUT2D eigenvalue weighted by atomic mass is 16.5. The van der Waals surface area contributed by atoms with E-state index in [2.05, 4.69) is 10.2 Å². The zero-order chi connectivity index (χ0) is 9.97. The van der Waals surface area contributed by atoms with Gasteiger partial charge in [0.2, 0.25) is 11.8 Å². The summed E-state index contributed by atoms with van der Waals surface area (Å²) in [6.45, 7) is 2.67. The van der Waals surface area contributed by atoms with Crippen LogP contribution in [0.15, 0.2) is 4.42 Å². The maximum atomic E-state index is 5.61. The van der Waals surface area contributed by atoms with E-state index in [9.17, 15) is 0 Å². The minimum atomic E-state index is -0.194. The van der Waals surface area contributed by atoms with Crippen LogP contribution >= 0.6 is 0 Å². The molecule has 5 nitrogen and oxygen atoms in total. The van der Waals surface area contributed by atoms with Gasteiger partial charge in [-0.25, -0.2) is 0 Å². The Hall–Kier alpha value is -0.940. The maximum Gasteiger partial charge on any atom is 0.232 e. The second-order valence-corrected chi connectivity index (χ2v) is 3.66. The summed E-state index contributed by atoms with van der Waals surface area (Å²) in [5.74, 6) is 1.13.